The maximum absolute atomic E-state index is 2.37. The second-order valence-corrected chi connectivity index (χ2v) is 6.11. The van der Waals surface area contributed by atoms with Crippen molar-refractivity contribution in [2.45, 2.75) is 59.9 Å². The van der Waals surface area contributed by atoms with Crippen molar-refractivity contribution < 1.29 is 0 Å². The molecule has 1 aliphatic rings. The van der Waals surface area contributed by atoms with Gasteiger partial charge in [-0.05, 0) is 68.1 Å². The van der Waals surface area contributed by atoms with Gasteiger partial charge < -0.3 is 4.90 Å². The Hall–Kier alpha value is -1.60. The van der Waals surface area contributed by atoms with Crippen LogP contribution < -0.4 is 0 Å². The van der Waals surface area contributed by atoms with E-state index in [4.69, 9.17) is 0 Å². The number of fused-ring (bicyclic) bond motifs is 1. The molecule has 1 nitrogen and oxygen atoms in total. The van der Waals surface area contributed by atoms with Crippen molar-refractivity contribution in [3.05, 3.63) is 59.2 Å². The van der Waals surface area contributed by atoms with Crippen LogP contribution in [0.25, 0.3) is 11.1 Å². The van der Waals surface area contributed by atoms with E-state index in [9.17, 15) is 0 Å². The first-order valence-corrected chi connectivity index (χ1v) is 9.50. The third kappa shape index (κ3) is 4.70. The van der Waals surface area contributed by atoms with Crippen molar-refractivity contribution in [3.8, 4) is 11.1 Å². The van der Waals surface area contributed by atoms with Gasteiger partial charge in [-0.15, -0.1) is 0 Å². The van der Waals surface area contributed by atoms with Crippen molar-refractivity contribution in [2.24, 2.45) is 0 Å². The molecule has 3 rings (SSSR count). The van der Waals surface area contributed by atoms with E-state index in [0.29, 0.717) is 6.04 Å². The first kappa shape index (κ1) is 20.4. The summed E-state index contributed by atoms with van der Waals surface area (Å²) < 4.78 is 0. The molecule has 0 radical (unpaired) electrons. The normalized spacial score (nSPS) is 15.6. The number of nitrogens with zero attached hydrogens (tertiary/aromatic N) is 1. The maximum Gasteiger partial charge on any atom is 0.0133 e. The van der Waals surface area contributed by atoms with E-state index in [-0.39, 0.29) is 0 Å². The Morgan fingerprint density at radius 1 is 0.833 bits per heavy atom. The zero-order valence-corrected chi connectivity index (χ0v) is 16.7. The van der Waals surface area contributed by atoms with Crippen LogP contribution in [-0.2, 0) is 12.8 Å². The van der Waals surface area contributed by atoms with Gasteiger partial charge >= 0.3 is 0 Å². The van der Waals surface area contributed by atoms with Crippen molar-refractivity contribution in [3.63, 3.8) is 0 Å². The Kier molecular flexibility index (Phi) is 8.78. The molecule has 0 amide bonds. The van der Waals surface area contributed by atoms with E-state index >= 15 is 0 Å². The highest BCUT2D eigenvalue weighted by atomic mass is 15.1. The molecule has 24 heavy (non-hydrogen) atoms. The summed E-state index contributed by atoms with van der Waals surface area (Å²) in [6.07, 6.45) is 3.65. The lowest BCUT2D eigenvalue weighted by atomic mass is 9.81. The van der Waals surface area contributed by atoms with Gasteiger partial charge in [-0.2, -0.15) is 0 Å². The van der Waals surface area contributed by atoms with Crippen LogP contribution >= 0.6 is 0 Å². The third-order valence-corrected chi connectivity index (χ3v) is 4.65. The van der Waals surface area contributed by atoms with Crippen LogP contribution in [0.4, 0.5) is 0 Å². The van der Waals surface area contributed by atoms with Crippen molar-refractivity contribution in [1.82, 2.24) is 4.90 Å². The van der Waals surface area contributed by atoms with E-state index in [2.05, 4.69) is 68.4 Å². The molecule has 0 aromatic heterocycles. The van der Waals surface area contributed by atoms with Crippen molar-refractivity contribution in [1.29, 1.82) is 0 Å². The molecule has 2 aromatic rings. The minimum Gasteiger partial charge on any atom is -0.306 e. The largest absolute Gasteiger partial charge is 0.306 e. The number of hydrogen-bond acceptors (Lipinski definition) is 1. The van der Waals surface area contributed by atoms with Gasteiger partial charge in [0, 0.05) is 6.04 Å². The maximum atomic E-state index is 2.37. The molecule has 0 spiro atoms. The van der Waals surface area contributed by atoms with Gasteiger partial charge in [0.15, 0.2) is 0 Å². The molecule has 132 valence electrons. The quantitative estimate of drug-likeness (QED) is 0.641. The topological polar surface area (TPSA) is 3.24 Å². The molecule has 0 N–H and O–H groups in total. The Morgan fingerprint density at radius 2 is 1.46 bits per heavy atom. The molecule has 0 saturated carbocycles. The van der Waals surface area contributed by atoms with Crippen LogP contribution in [0.5, 0.6) is 0 Å². The third-order valence-electron chi connectivity index (χ3n) is 4.65. The van der Waals surface area contributed by atoms with Gasteiger partial charge in [0.2, 0.25) is 0 Å². The van der Waals surface area contributed by atoms with Crippen LogP contribution in [0.2, 0.25) is 0 Å². The van der Waals surface area contributed by atoms with Gasteiger partial charge in [0.25, 0.3) is 0 Å². The lowest BCUT2D eigenvalue weighted by Crippen LogP contribution is -2.34. The van der Waals surface area contributed by atoms with E-state index < -0.39 is 0 Å². The zero-order valence-electron chi connectivity index (χ0n) is 16.7. The first-order chi connectivity index (χ1) is 11.7. The fraction of sp³-hybridized carbons (Fsp3) is 0.478. The summed E-state index contributed by atoms with van der Waals surface area (Å²) in [5.41, 5.74) is 7.40. The molecule has 1 unspecified atom stereocenters. The summed E-state index contributed by atoms with van der Waals surface area (Å²) >= 11 is 0. The van der Waals surface area contributed by atoms with Crippen molar-refractivity contribution in [2.75, 3.05) is 14.1 Å². The Balaban J connectivity index is 0.000000671. The summed E-state index contributed by atoms with van der Waals surface area (Å²) in [5, 5.41) is 0. The number of aryl methyl sites for hydroxylation is 1. The molecular weight excluding hydrogens is 290 g/mol. The van der Waals surface area contributed by atoms with Crippen LogP contribution in [0.1, 0.15) is 50.8 Å². The molecule has 0 fully saturated rings. The highest BCUT2D eigenvalue weighted by Crippen LogP contribution is 2.34. The van der Waals surface area contributed by atoms with Gasteiger partial charge in [-0.1, -0.05) is 70.2 Å². The van der Waals surface area contributed by atoms with Crippen LogP contribution in [0.15, 0.2) is 42.5 Å². The minimum absolute atomic E-state index is 0.687. The van der Waals surface area contributed by atoms with Gasteiger partial charge in [0.05, 0.1) is 0 Å². The van der Waals surface area contributed by atoms with E-state index in [1.807, 2.05) is 27.7 Å². The lowest BCUT2D eigenvalue weighted by molar-refractivity contribution is 0.268. The molecule has 0 saturated heterocycles. The molecular formula is C23H35N. The van der Waals surface area contributed by atoms with Gasteiger partial charge in [-0.25, -0.2) is 0 Å². The molecule has 1 aliphatic carbocycles. The standard InChI is InChI=1S/C19H23N.2C2H6/c1-14-9-11-17(15-7-5-4-6-8-15)18-12-10-16(20(2)3)13-19(14)18;2*1-2/h4-9,11,16H,10,12-13H2,1-3H3;2*1-2H3. The highest BCUT2D eigenvalue weighted by Gasteiger charge is 2.23. The zero-order chi connectivity index (χ0) is 18.1. The van der Waals surface area contributed by atoms with Crippen molar-refractivity contribution >= 4 is 0 Å². The summed E-state index contributed by atoms with van der Waals surface area (Å²) in [4.78, 5) is 2.37. The first-order valence-electron chi connectivity index (χ1n) is 9.50. The second-order valence-electron chi connectivity index (χ2n) is 6.11. The minimum atomic E-state index is 0.687. The van der Waals surface area contributed by atoms with E-state index in [0.717, 1.165) is 0 Å². The molecule has 2 aromatic carbocycles. The lowest BCUT2D eigenvalue weighted by Gasteiger charge is -2.32. The Morgan fingerprint density at radius 3 is 2.04 bits per heavy atom. The Bertz CT molecular complexity index is 599. The Labute approximate surface area is 149 Å². The molecule has 0 aliphatic heterocycles. The van der Waals surface area contributed by atoms with Gasteiger partial charge in [-0.3, -0.25) is 0 Å². The summed E-state index contributed by atoms with van der Waals surface area (Å²) in [6, 6.07) is 16.1. The summed E-state index contributed by atoms with van der Waals surface area (Å²) in [5.74, 6) is 0. The fourth-order valence-electron chi connectivity index (χ4n) is 3.36. The van der Waals surface area contributed by atoms with E-state index in [1.54, 1.807) is 11.1 Å². The number of hydrogen-bond donors (Lipinski definition) is 0. The monoisotopic (exact) mass is 325 g/mol. The van der Waals surface area contributed by atoms with Crippen LogP contribution in [-0.4, -0.2) is 25.0 Å². The molecule has 1 atom stereocenters. The average molecular weight is 326 g/mol. The fourth-order valence-corrected chi connectivity index (χ4v) is 3.36. The van der Waals surface area contributed by atoms with Crippen LogP contribution in [0, 0.1) is 6.92 Å². The summed E-state index contributed by atoms with van der Waals surface area (Å²) in [6.45, 7) is 10.3. The summed E-state index contributed by atoms with van der Waals surface area (Å²) in [7, 11) is 4.40. The predicted molar refractivity (Wildman–Crippen MR) is 109 cm³/mol. The predicted octanol–water partition coefficient (Wildman–Crippen LogP) is 6.13. The van der Waals surface area contributed by atoms with Crippen LogP contribution in [0.3, 0.4) is 0 Å². The number of benzene rings is 2. The number of rotatable bonds is 2. The highest BCUT2D eigenvalue weighted by molar-refractivity contribution is 5.70. The molecule has 0 heterocycles. The van der Waals surface area contributed by atoms with E-state index in [1.165, 1.54) is 36.0 Å². The molecule has 0 bridgehead atoms. The van der Waals surface area contributed by atoms with Gasteiger partial charge in [0.1, 0.15) is 0 Å². The SMILES string of the molecule is CC.CC.Cc1ccc(-c2ccccc2)c2c1CC(N(C)C)CC2. The molecule has 1 heteroatoms. The number of likely N-dealkylation sites (N-methyl/N-ethyl adjacent to an activating group) is 1. The smallest absolute Gasteiger partial charge is 0.0133 e. The second kappa shape index (κ2) is 10.3. The average Bonchev–Trinajstić information content (AvgIpc) is 2.66.